The van der Waals surface area contributed by atoms with Gasteiger partial charge in [0, 0.05) is 11.4 Å². The predicted octanol–water partition coefficient (Wildman–Crippen LogP) is 3.83. The number of alkyl halides is 1. The van der Waals surface area contributed by atoms with Gasteiger partial charge in [-0.15, -0.1) is 0 Å². The van der Waals surface area contributed by atoms with Crippen molar-refractivity contribution in [3.63, 3.8) is 0 Å². The normalized spacial score (nSPS) is 21.8. The molecule has 0 spiro atoms. The second-order valence-electron chi connectivity index (χ2n) is 5.79. The Labute approximate surface area is 135 Å². The fraction of sp³-hybridized carbons (Fsp3) is 0.588. The zero-order valence-electron chi connectivity index (χ0n) is 12.6. The predicted molar refractivity (Wildman–Crippen MR) is 89.0 cm³/mol. The van der Waals surface area contributed by atoms with Crippen molar-refractivity contribution in [2.24, 2.45) is 5.92 Å². The van der Waals surface area contributed by atoms with Gasteiger partial charge in [0.1, 0.15) is 5.75 Å². The lowest BCUT2D eigenvalue weighted by Crippen LogP contribution is -2.43. The highest BCUT2D eigenvalue weighted by atomic mass is 79.9. The van der Waals surface area contributed by atoms with E-state index < -0.39 is 0 Å². The van der Waals surface area contributed by atoms with E-state index in [2.05, 4.69) is 21.2 Å². The summed E-state index contributed by atoms with van der Waals surface area (Å²) in [5.74, 6) is 1.50. The molecule has 1 aliphatic carbocycles. The van der Waals surface area contributed by atoms with Crippen LogP contribution in [-0.4, -0.2) is 23.9 Å². The van der Waals surface area contributed by atoms with Crippen LogP contribution in [0.25, 0.3) is 0 Å². The third-order valence-electron chi connectivity index (χ3n) is 4.04. The molecule has 4 heteroatoms. The van der Waals surface area contributed by atoms with Crippen LogP contribution in [0, 0.1) is 12.8 Å². The molecular formula is C17H24BrNO2. The monoisotopic (exact) mass is 353 g/mol. The molecular weight excluding hydrogens is 330 g/mol. The van der Waals surface area contributed by atoms with Gasteiger partial charge in [0.05, 0.1) is 13.0 Å². The van der Waals surface area contributed by atoms with Crippen LogP contribution in [-0.2, 0) is 4.79 Å². The van der Waals surface area contributed by atoms with Crippen molar-refractivity contribution in [2.45, 2.75) is 45.1 Å². The lowest BCUT2D eigenvalue weighted by Gasteiger charge is -2.31. The Morgan fingerprint density at radius 1 is 1.38 bits per heavy atom. The Bertz CT molecular complexity index is 464. The smallest absolute Gasteiger partial charge is 0.223 e. The number of nitrogens with one attached hydrogen (secondary N) is 1. The molecule has 0 saturated heterocycles. The Morgan fingerprint density at radius 2 is 2.19 bits per heavy atom. The van der Waals surface area contributed by atoms with E-state index in [1.54, 1.807) is 0 Å². The second-order valence-corrected chi connectivity index (χ2v) is 6.44. The van der Waals surface area contributed by atoms with Crippen LogP contribution >= 0.6 is 15.9 Å². The van der Waals surface area contributed by atoms with Crippen molar-refractivity contribution in [3.05, 3.63) is 29.8 Å². The number of rotatable bonds is 6. The van der Waals surface area contributed by atoms with Crippen LogP contribution in [0.3, 0.4) is 0 Å². The molecule has 2 unspecified atom stereocenters. The summed E-state index contributed by atoms with van der Waals surface area (Å²) in [6, 6.07) is 8.23. The van der Waals surface area contributed by atoms with Gasteiger partial charge in [-0.1, -0.05) is 40.9 Å². The van der Waals surface area contributed by atoms with Crippen LogP contribution in [0.15, 0.2) is 24.3 Å². The number of carbonyl (C=O) groups excluding carboxylic acids is 1. The van der Waals surface area contributed by atoms with Crippen molar-refractivity contribution in [3.8, 4) is 5.75 Å². The molecule has 0 radical (unpaired) electrons. The molecule has 0 bridgehead atoms. The Balaban J connectivity index is 1.72. The summed E-state index contributed by atoms with van der Waals surface area (Å²) in [7, 11) is 0. The number of hydrogen-bond donors (Lipinski definition) is 1. The van der Waals surface area contributed by atoms with Gasteiger partial charge in [-0.3, -0.25) is 4.79 Å². The molecule has 3 nitrogen and oxygen atoms in total. The van der Waals surface area contributed by atoms with Crippen molar-refractivity contribution in [1.82, 2.24) is 5.32 Å². The van der Waals surface area contributed by atoms with E-state index in [-0.39, 0.29) is 5.91 Å². The maximum atomic E-state index is 12.0. The topological polar surface area (TPSA) is 38.3 Å². The van der Waals surface area contributed by atoms with E-state index in [4.69, 9.17) is 4.74 Å². The van der Waals surface area contributed by atoms with E-state index in [0.717, 1.165) is 17.5 Å². The van der Waals surface area contributed by atoms with Gasteiger partial charge in [0.15, 0.2) is 0 Å². The first-order chi connectivity index (χ1) is 10.2. The number of hydrogen-bond acceptors (Lipinski definition) is 2. The fourth-order valence-electron chi connectivity index (χ4n) is 2.83. The fourth-order valence-corrected chi connectivity index (χ4v) is 3.60. The quantitative estimate of drug-likeness (QED) is 0.789. The summed E-state index contributed by atoms with van der Waals surface area (Å²) in [4.78, 5) is 12.0. The molecule has 1 amide bonds. The maximum absolute atomic E-state index is 12.0. The van der Waals surface area contributed by atoms with Crippen LogP contribution < -0.4 is 10.1 Å². The van der Waals surface area contributed by atoms with Gasteiger partial charge in [0.25, 0.3) is 0 Å². The first-order valence-corrected chi connectivity index (χ1v) is 8.86. The average molecular weight is 354 g/mol. The van der Waals surface area contributed by atoms with Gasteiger partial charge in [-0.05, 0) is 43.4 Å². The summed E-state index contributed by atoms with van der Waals surface area (Å²) in [5, 5.41) is 4.14. The molecule has 1 N–H and O–H groups in total. The average Bonchev–Trinajstić information content (AvgIpc) is 2.48. The molecule has 1 fully saturated rings. The number of aryl methyl sites for hydroxylation is 1. The summed E-state index contributed by atoms with van der Waals surface area (Å²) in [6.45, 7) is 2.46. The third-order valence-corrected chi connectivity index (χ3v) is 4.87. The van der Waals surface area contributed by atoms with Crippen molar-refractivity contribution in [2.75, 3.05) is 11.9 Å². The standard InChI is InChI=1S/C17H24BrNO2/c1-13-5-4-7-15(11-13)21-10-9-17(20)19-16-8-3-2-6-14(16)12-18/h4-5,7,11,14,16H,2-3,6,8-10,12H2,1H3,(H,19,20). The molecule has 2 atom stereocenters. The molecule has 2 rings (SSSR count). The minimum atomic E-state index is 0.0977. The summed E-state index contributed by atoms with van der Waals surface area (Å²) < 4.78 is 5.63. The molecule has 21 heavy (non-hydrogen) atoms. The summed E-state index contributed by atoms with van der Waals surface area (Å²) in [6.07, 6.45) is 5.21. The van der Waals surface area contributed by atoms with E-state index in [0.29, 0.717) is 25.0 Å². The zero-order chi connectivity index (χ0) is 15.1. The highest BCUT2D eigenvalue weighted by Gasteiger charge is 2.25. The molecule has 0 aromatic heterocycles. The van der Waals surface area contributed by atoms with E-state index in [9.17, 15) is 4.79 Å². The van der Waals surface area contributed by atoms with Crippen molar-refractivity contribution in [1.29, 1.82) is 0 Å². The number of carbonyl (C=O) groups is 1. The number of ether oxygens (including phenoxy) is 1. The third kappa shape index (κ3) is 5.34. The second kappa shape index (κ2) is 8.42. The number of halogens is 1. The van der Waals surface area contributed by atoms with Gasteiger partial charge >= 0.3 is 0 Å². The minimum Gasteiger partial charge on any atom is -0.493 e. The van der Waals surface area contributed by atoms with Gasteiger partial charge in [-0.25, -0.2) is 0 Å². The molecule has 116 valence electrons. The Hall–Kier alpha value is -1.03. The van der Waals surface area contributed by atoms with Crippen LogP contribution in [0.4, 0.5) is 0 Å². The highest BCUT2D eigenvalue weighted by molar-refractivity contribution is 9.09. The van der Waals surface area contributed by atoms with Gasteiger partial charge in [0.2, 0.25) is 5.91 Å². The van der Waals surface area contributed by atoms with Crippen LogP contribution in [0.5, 0.6) is 5.75 Å². The van der Waals surface area contributed by atoms with Crippen LogP contribution in [0.2, 0.25) is 0 Å². The van der Waals surface area contributed by atoms with Crippen LogP contribution in [0.1, 0.15) is 37.7 Å². The SMILES string of the molecule is Cc1cccc(OCCC(=O)NC2CCCCC2CBr)c1. The first-order valence-electron chi connectivity index (χ1n) is 7.74. The van der Waals surface area contributed by atoms with Gasteiger partial charge in [-0.2, -0.15) is 0 Å². The van der Waals surface area contributed by atoms with Crippen molar-refractivity contribution < 1.29 is 9.53 Å². The largest absolute Gasteiger partial charge is 0.493 e. The highest BCUT2D eigenvalue weighted by Crippen LogP contribution is 2.25. The lowest BCUT2D eigenvalue weighted by molar-refractivity contribution is -0.122. The molecule has 1 aliphatic rings. The first kappa shape index (κ1) is 16.3. The number of amides is 1. The Kier molecular flexibility index (Phi) is 6.55. The zero-order valence-corrected chi connectivity index (χ0v) is 14.2. The maximum Gasteiger partial charge on any atom is 0.223 e. The van der Waals surface area contributed by atoms with E-state index in [1.165, 1.54) is 24.8 Å². The molecule has 0 heterocycles. The Morgan fingerprint density at radius 3 is 2.95 bits per heavy atom. The molecule has 1 saturated carbocycles. The summed E-state index contributed by atoms with van der Waals surface area (Å²) in [5.41, 5.74) is 1.17. The molecule has 0 aliphatic heterocycles. The molecule has 1 aromatic carbocycles. The van der Waals surface area contributed by atoms with E-state index in [1.807, 2.05) is 31.2 Å². The van der Waals surface area contributed by atoms with Crippen molar-refractivity contribution >= 4 is 21.8 Å². The van der Waals surface area contributed by atoms with Gasteiger partial charge < -0.3 is 10.1 Å². The number of benzene rings is 1. The molecule has 1 aromatic rings. The lowest BCUT2D eigenvalue weighted by atomic mass is 9.86. The summed E-state index contributed by atoms with van der Waals surface area (Å²) >= 11 is 3.56. The van der Waals surface area contributed by atoms with E-state index >= 15 is 0 Å². The minimum absolute atomic E-state index is 0.0977.